The second kappa shape index (κ2) is 10.9. The van der Waals surface area contributed by atoms with E-state index >= 15 is 0 Å². The quantitative estimate of drug-likeness (QED) is 0.325. The molecule has 37 heavy (non-hydrogen) atoms. The first-order chi connectivity index (χ1) is 18.1. The van der Waals surface area contributed by atoms with Gasteiger partial charge >= 0.3 is 0 Å². The summed E-state index contributed by atoms with van der Waals surface area (Å²) in [6.07, 6.45) is 18.8. The minimum Gasteiger partial charge on any atom is -0.0950 e. The van der Waals surface area contributed by atoms with Crippen LogP contribution in [0.25, 0.3) is 22.8 Å². The Morgan fingerprint density at radius 1 is 0.811 bits per heavy atom. The Balaban J connectivity index is 1.31. The highest BCUT2D eigenvalue weighted by Gasteiger charge is 2.22. The van der Waals surface area contributed by atoms with Gasteiger partial charge in [-0.2, -0.15) is 0 Å². The summed E-state index contributed by atoms with van der Waals surface area (Å²) in [5, 5.41) is 0. The van der Waals surface area contributed by atoms with E-state index in [-0.39, 0.29) is 0 Å². The predicted octanol–water partition coefficient (Wildman–Crippen LogP) is 10.4. The molecule has 0 amide bonds. The fourth-order valence-electron chi connectivity index (χ4n) is 7.15. The summed E-state index contributed by atoms with van der Waals surface area (Å²) < 4.78 is 0. The average Bonchev–Trinajstić information content (AvgIpc) is 3.43. The van der Waals surface area contributed by atoms with E-state index in [2.05, 4.69) is 86.3 Å². The third-order valence-electron chi connectivity index (χ3n) is 9.44. The van der Waals surface area contributed by atoms with Crippen LogP contribution in [0.5, 0.6) is 0 Å². The molecule has 3 aromatic rings. The van der Waals surface area contributed by atoms with E-state index in [0.29, 0.717) is 11.8 Å². The van der Waals surface area contributed by atoms with E-state index in [9.17, 15) is 0 Å². The molecule has 0 bridgehead atoms. The summed E-state index contributed by atoms with van der Waals surface area (Å²) in [6, 6.07) is 23.7. The van der Waals surface area contributed by atoms with Crippen LogP contribution in [-0.2, 0) is 12.8 Å². The van der Waals surface area contributed by atoms with Gasteiger partial charge in [0.25, 0.3) is 0 Å². The summed E-state index contributed by atoms with van der Waals surface area (Å²) in [4.78, 5) is 0. The van der Waals surface area contributed by atoms with E-state index in [1.807, 2.05) is 0 Å². The molecular weight excluding hydrogens is 444 g/mol. The van der Waals surface area contributed by atoms with Crippen molar-refractivity contribution in [3.05, 3.63) is 107 Å². The molecule has 0 saturated heterocycles. The average molecular weight is 487 g/mol. The Hall–Kier alpha value is -2.86. The van der Waals surface area contributed by atoms with Crippen LogP contribution in [-0.4, -0.2) is 0 Å². The summed E-state index contributed by atoms with van der Waals surface area (Å²) in [6.45, 7) is 6.98. The summed E-state index contributed by atoms with van der Waals surface area (Å²) in [5.41, 5.74) is 12.8. The summed E-state index contributed by atoms with van der Waals surface area (Å²) >= 11 is 0. The lowest BCUT2D eigenvalue weighted by Gasteiger charge is -2.28. The van der Waals surface area contributed by atoms with Crippen LogP contribution >= 0.6 is 0 Å². The molecule has 0 heteroatoms. The first kappa shape index (κ1) is 24.5. The van der Waals surface area contributed by atoms with Gasteiger partial charge in [0, 0.05) is 0 Å². The lowest BCUT2D eigenvalue weighted by molar-refractivity contribution is 0.337. The molecule has 3 aliphatic rings. The first-order valence-corrected chi connectivity index (χ1v) is 14.8. The van der Waals surface area contributed by atoms with Crippen molar-refractivity contribution in [2.24, 2.45) is 11.8 Å². The maximum atomic E-state index is 4.58. The normalized spacial score (nSPS) is 21.6. The van der Waals surface area contributed by atoms with Gasteiger partial charge in [0.2, 0.25) is 0 Å². The van der Waals surface area contributed by atoms with Crippen LogP contribution in [0.2, 0.25) is 0 Å². The van der Waals surface area contributed by atoms with Crippen LogP contribution in [0, 0.1) is 11.8 Å². The van der Waals surface area contributed by atoms with E-state index in [1.165, 1.54) is 102 Å². The highest BCUT2D eigenvalue weighted by Crippen LogP contribution is 2.39. The molecule has 0 nitrogen and oxygen atoms in total. The molecule has 0 atom stereocenters. The molecule has 0 aliphatic heterocycles. The zero-order valence-corrected chi connectivity index (χ0v) is 22.6. The number of hydrogen-bond donors (Lipinski definition) is 0. The van der Waals surface area contributed by atoms with Gasteiger partial charge in [-0.1, -0.05) is 118 Å². The number of fused-ring (bicyclic) bond motifs is 1. The maximum absolute atomic E-state index is 4.58. The Morgan fingerprint density at radius 3 is 2.46 bits per heavy atom. The van der Waals surface area contributed by atoms with E-state index < -0.39 is 0 Å². The molecule has 0 spiro atoms. The fourth-order valence-corrected chi connectivity index (χ4v) is 7.15. The number of hydrogen-bond acceptors (Lipinski definition) is 0. The van der Waals surface area contributed by atoms with Crippen LogP contribution in [0.4, 0.5) is 0 Å². The van der Waals surface area contributed by atoms with Crippen molar-refractivity contribution in [1.29, 1.82) is 0 Å². The van der Waals surface area contributed by atoms with Crippen molar-refractivity contribution in [3.8, 4) is 11.1 Å². The van der Waals surface area contributed by atoms with Crippen LogP contribution in [0.3, 0.4) is 0 Å². The van der Waals surface area contributed by atoms with Gasteiger partial charge in [0.15, 0.2) is 0 Å². The van der Waals surface area contributed by atoms with Gasteiger partial charge < -0.3 is 0 Å². The molecular formula is C37H42. The predicted molar refractivity (Wildman–Crippen MR) is 160 cm³/mol. The zero-order valence-electron chi connectivity index (χ0n) is 22.6. The number of benzene rings is 3. The zero-order chi connectivity index (χ0) is 25.2. The SMILES string of the molecule is C=C(c1cccc(Cc2cc(-c3cccc4c3C=CC4)cc(C3CCCCC3)c2)c1)C1CCC(C)CC1. The lowest BCUT2D eigenvalue weighted by Crippen LogP contribution is -2.13. The van der Waals surface area contributed by atoms with Crippen molar-refractivity contribution in [3.63, 3.8) is 0 Å². The van der Waals surface area contributed by atoms with Gasteiger partial charge in [0.1, 0.15) is 0 Å². The third-order valence-corrected chi connectivity index (χ3v) is 9.44. The Bertz CT molecular complexity index is 1290. The fraction of sp³-hybridized carbons (Fsp3) is 0.405. The molecule has 2 fully saturated rings. The first-order valence-electron chi connectivity index (χ1n) is 14.8. The summed E-state index contributed by atoms with van der Waals surface area (Å²) in [7, 11) is 0. The minimum atomic E-state index is 0.654. The van der Waals surface area contributed by atoms with Crippen molar-refractivity contribution in [2.45, 2.75) is 83.5 Å². The number of rotatable bonds is 6. The standard InChI is InChI=1S/C37H42/c1-26-17-19-30(20-18-26)27(2)33-14-6-9-28(22-33)21-29-23-34(31-10-4-3-5-11-31)25-35(24-29)37-16-8-13-32-12-7-15-36(32)37/h6-9,13-16,22-26,30-31H,2-5,10-12,17-21H2,1H3. The van der Waals surface area contributed by atoms with Gasteiger partial charge in [-0.05, 0) is 106 Å². The van der Waals surface area contributed by atoms with E-state index in [1.54, 1.807) is 5.56 Å². The van der Waals surface area contributed by atoms with Crippen molar-refractivity contribution >= 4 is 11.6 Å². The maximum Gasteiger partial charge on any atom is -0.00252 e. The third kappa shape index (κ3) is 5.40. The van der Waals surface area contributed by atoms with E-state index in [4.69, 9.17) is 0 Å². The van der Waals surface area contributed by atoms with Gasteiger partial charge in [-0.15, -0.1) is 0 Å². The molecule has 3 aromatic carbocycles. The minimum absolute atomic E-state index is 0.654. The van der Waals surface area contributed by atoms with E-state index in [0.717, 1.165) is 18.8 Å². The molecule has 0 heterocycles. The molecule has 0 aromatic heterocycles. The second-order valence-corrected chi connectivity index (χ2v) is 12.1. The Kier molecular flexibility index (Phi) is 7.18. The number of allylic oxidation sites excluding steroid dienone is 2. The highest BCUT2D eigenvalue weighted by molar-refractivity contribution is 5.80. The van der Waals surface area contributed by atoms with Crippen LogP contribution in [0.15, 0.2) is 73.3 Å². The van der Waals surface area contributed by atoms with Crippen molar-refractivity contribution < 1.29 is 0 Å². The monoisotopic (exact) mass is 486 g/mol. The topological polar surface area (TPSA) is 0 Å². The van der Waals surface area contributed by atoms with Crippen molar-refractivity contribution in [1.82, 2.24) is 0 Å². The van der Waals surface area contributed by atoms with Crippen LogP contribution < -0.4 is 0 Å². The van der Waals surface area contributed by atoms with Gasteiger partial charge in [-0.3, -0.25) is 0 Å². The molecule has 6 rings (SSSR count). The lowest BCUT2D eigenvalue weighted by atomic mass is 9.77. The largest absolute Gasteiger partial charge is 0.0950 e. The second-order valence-electron chi connectivity index (χ2n) is 12.1. The molecule has 190 valence electrons. The molecule has 0 radical (unpaired) electrons. The Labute approximate surface area is 224 Å². The van der Waals surface area contributed by atoms with Gasteiger partial charge in [0.05, 0.1) is 0 Å². The Morgan fingerprint density at radius 2 is 1.62 bits per heavy atom. The molecule has 2 saturated carbocycles. The smallest absolute Gasteiger partial charge is 0.00252 e. The molecule has 0 N–H and O–H groups in total. The molecule has 0 unspecified atom stereocenters. The van der Waals surface area contributed by atoms with Gasteiger partial charge in [-0.25, -0.2) is 0 Å². The van der Waals surface area contributed by atoms with Crippen molar-refractivity contribution in [2.75, 3.05) is 0 Å². The van der Waals surface area contributed by atoms with Crippen LogP contribution in [0.1, 0.15) is 104 Å². The molecule has 3 aliphatic carbocycles. The highest BCUT2D eigenvalue weighted by atomic mass is 14.3. The summed E-state index contributed by atoms with van der Waals surface area (Å²) in [5.74, 6) is 2.24.